The van der Waals surface area contributed by atoms with Gasteiger partial charge in [-0.15, -0.1) is 0 Å². The van der Waals surface area contributed by atoms with Crippen LogP contribution in [0, 0.1) is 5.82 Å². The predicted octanol–water partition coefficient (Wildman–Crippen LogP) is 4.28. The van der Waals surface area contributed by atoms with E-state index < -0.39 is 5.82 Å². The Balaban J connectivity index is 1.79. The van der Waals surface area contributed by atoms with Crippen molar-refractivity contribution in [3.05, 3.63) is 94.8 Å². The van der Waals surface area contributed by atoms with E-state index in [0.29, 0.717) is 29.1 Å². The largest absolute Gasteiger partial charge is 0.354 e. The summed E-state index contributed by atoms with van der Waals surface area (Å²) in [5.74, 6) is -0.659. The van der Waals surface area contributed by atoms with Gasteiger partial charge in [0.05, 0.1) is 17.0 Å². The monoisotopic (exact) mass is 416 g/mol. The van der Waals surface area contributed by atoms with Gasteiger partial charge in [-0.1, -0.05) is 36.4 Å². The SMILES string of the molecule is CN(C)Cc1ccc(N/C(=C2\C(=O)Nc3cc(F)ccc32)c2ccc(CN)cc2)cc1. The minimum absolute atomic E-state index is 0.268. The zero-order valence-electron chi connectivity index (χ0n) is 17.6. The molecule has 0 saturated carbocycles. The first-order valence-corrected chi connectivity index (χ1v) is 10.1. The second-order valence-corrected chi connectivity index (χ2v) is 7.85. The van der Waals surface area contributed by atoms with Crippen molar-refractivity contribution in [3.63, 3.8) is 0 Å². The van der Waals surface area contributed by atoms with Gasteiger partial charge in [-0.25, -0.2) is 4.39 Å². The lowest BCUT2D eigenvalue weighted by Gasteiger charge is -2.16. The van der Waals surface area contributed by atoms with Gasteiger partial charge in [-0.3, -0.25) is 4.79 Å². The van der Waals surface area contributed by atoms with E-state index >= 15 is 0 Å². The summed E-state index contributed by atoms with van der Waals surface area (Å²) < 4.78 is 13.7. The smallest absolute Gasteiger partial charge is 0.258 e. The van der Waals surface area contributed by atoms with E-state index in [0.717, 1.165) is 23.4 Å². The number of benzene rings is 3. The van der Waals surface area contributed by atoms with Gasteiger partial charge in [0.1, 0.15) is 5.82 Å². The Kier molecular flexibility index (Phi) is 5.84. The quantitative estimate of drug-likeness (QED) is 0.525. The molecule has 0 aliphatic carbocycles. The molecule has 0 spiro atoms. The van der Waals surface area contributed by atoms with Gasteiger partial charge < -0.3 is 21.3 Å². The van der Waals surface area contributed by atoms with Gasteiger partial charge in [0.2, 0.25) is 0 Å². The average Bonchev–Trinajstić information content (AvgIpc) is 3.07. The van der Waals surface area contributed by atoms with Gasteiger partial charge >= 0.3 is 0 Å². The highest BCUT2D eigenvalue weighted by molar-refractivity contribution is 6.37. The first-order valence-electron chi connectivity index (χ1n) is 10.1. The maximum atomic E-state index is 13.7. The van der Waals surface area contributed by atoms with Crippen molar-refractivity contribution in [2.75, 3.05) is 24.7 Å². The molecule has 0 atom stereocenters. The topological polar surface area (TPSA) is 70.4 Å². The van der Waals surface area contributed by atoms with Crippen molar-refractivity contribution in [2.45, 2.75) is 13.1 Å². The normalized spacial score (nSPS) is 14.4. The summed E-state index contributed by atoms with van der Waals surface area (Å²) in [6, 6.07) is 20.2. The number of rotatable bonds is 6. The fraction of sp³-hybridized carbons (Fsp3) is 0.160. The van der Waals surface area contributed by atoms with Crippen molar-refractivity contribution in [1.82, 2.24) is 4.90 Å². The molecule has 6 heteroatoms. The zero-order valence-corrected chi connectivity index (χ0v) is 17.6. The van der Waals surface area contributed by atoms with Crippen LogP contribution in [0.2, 0.25) is 0 Å². The summed E-state index contributed by atoms with van der Waals surface area (Å²) in [6.07, 6.45) is 0. The minimum Gasteiger partial charge on any atom is -0.354 e. The number of carbonyl (C=O) groups is 1. The third-order valence-corrected chi connectivity index (χ3v) is 5.18. The summed E-state index contributed by atoms with van der Waals surface area (Å²) in [4.78, 5) is 15.0. The fourth-order valence-electron chi connectivity index (χ4n) is 3.68. The van der Waals surface area contributed by atoms with Crippen molar-refractivity contribution in [2.24, 2.45) is 5.73 Å². The third-order valence-electron chi connectivity index (χ3n) is 5.18. The Morgan fingerprint density at radius 2 is 1.68 bits per heavy atom. The van der Waals surface area contributed by atoms with Crippen LogP contribution in [0.5, 0.6) is 0 Å². The van der Waals surface area contributed by atoms with Crippen LogP contribution in [0.4, 0.5) is 15.8 Å². The molecule has 0 fully saturated rings. The third kappa shape index (κ3) is 4.50. The fourth-order valence-corrected chi connectivity index (χ4v) is 3.68. The molecule has 0 radical (unpaired) electrons. The lowest BCUT2D eigenvalue weighted by atomic mass is 9.99. The Labute approximate surface area is 181 Å². The van der Waals surface area contributed by atoms with Crippen molar-refractivity contribution < 1.29 is 9.18 Å². The lowest BCUT2D eigenvalue weighted by molar-refractivity contribution is -0.110. The van der Waals surface area contributed by atoms with Crippen LogP contribution in [-0.4, -0.2) is 24.9 Å². The second kappa shape index (κ2) is 8.71. The number of amides is 1. The minimum atomic E-state index is -0.390. The Hall–Kier alpha value is -3.48. The summed E-state index contributed by atoms with van der Waals surface area (Å²) in [7, 11) is 4.05. The molecule has 4 rings (SSSR count). The van der Waals surface area contributed by atoms with Crippen LogP contribution in [0.15, 0.2) is 66.7 Å². The van der Waals surface area contributed by atoms with Crippen molar-refractivity contribution in [3.8, 4) is 0 Å². The number of nitrogens with zero attached hydrogens (tertiary/aromatic N) is 1. The Morgan fingerprint density at radius 3 is 2.32 bits per heavy atom. The number of nitrogens with one attached hydrogen (secondary N) is 2. The molecule has 0 saturated heterocycles. The molecule has 0 aromatic heterocycles. The van der Waals surface area contributed by atoms with Crippen LogP contribution in [-0.2, 0) is 17.9 Å². The van der Waals surface area contributed by atoms with Gasteiger partial charge in [0.25, 0.3) is 5.91 Å². The zero-order chi connectivity index (χ0) is 22.0. The number of carbonyl (C=O) groups excluding carboxylic acids is 1. The number of hydrogen-bond acceptors (Lipinski definition) is 4. The van der Waals surface area contributed by atoms with Crippen LogP contribution in [0.1, 0.15) is 22.3 Å². The van der Waals surface area contributed by atoms with E-state index in [1.165, 1.54) is 17.7 Å². The van der Waals surface area contributed by atoms with Crippen LogP contribution >= 0.6 is 0 Å². The number of halogens is 1. The number of fused-ring (bicyclic) bond motifs is 1. The van der Waals surface area contributed by atoms with E-state index in [9.17, 15) is 9.18 Å². The summed E-state index contributed by atoms with van der Waals surface area (Å²) in [5.41, 5.74) is 11.9. The number of nitrogens with two attached hydrogens (primary N) is 1. The van der Waals surface area contributed by atoms with E-state index in [4.69, 9.17) is 5.73 Å². The highest BCUT2D eigenvalue weighted by Gasteiger charge is 2.28. The van der Waals surface area contributed by atoms with E-state index in [2.05, 4.69) is 27.7 Å². The van der Waals surface area contributed by atoms with Gasteiger partial charge in [-0.05, 0) is 61.1 Å². The maximum Gasteiger partial charge on any atom is 0.258 e. The molecular formula is C25H25FN4O. The maximum absolute atomic E-state index is 13.7. The number of hydrogen-bond donors (Lipinski definition) is 3. The Bertz CT molecular complexity index is 1140. The van der Waals surface area contributed by atoms with Crippen molar-refractivity contribution in [1.29, 1.82) is 0 Å². The molecule has 3 aromatic carbocycles. The molecule has 5 nitrogen and oxygen atoms in total. The van der Waals surface area contributed by atoms with Crippen LogP contribution in [0.25, 0.3) is 11.3 Å². The molecule has 1 aliphatic rings. The Morgan fingerprint density at radius 1 is 1.00 bits per heavy atom. The molecule has 158 valence electrons. The molecule has 0 bridgehead atoms. The first kappa shape index (κ1) is 20.8. The molecule has 4 N–H and O–H groups in total. The predicted molar refractivity (Wildman–Crippen MR) is 124 cm³/mol. The first-order chi connectivity index (χ1) is 14.9. The van der Waals surface area contributed by atoms with E-state index in [1.54, 1.807) is 6.07 Å². The molecular weight excluding hydrogens is 391 g/mol. The standard InChI is InChI=1S/C25H25FN4O/c1-30(2)15-17-5-10-20(11-6-17)28-24(18-7-3-16(14-27)4-8-18)23-21-12-9-19(26)13-22(21)29-25(23)31/h3-13,28H,14-15,27H2,1-2H3,(H,29,31)/b24-23-. The van der Waals surface area contributed by atoms with Gasteiger partial charge in [0, 0.05) is 24.3 Å². The lowest BCUT2D eigenvalue weighted by Crippen LogP contribution is -2.11. The average molecular weight is 417 g/mol. The molecule has 1 amide bonds. The van der Waals surface area contributed by atoms with Crippen molar-refractivity contribution >= 4 is 28.6 Å². The van der Waals surface area contributed by atoms with Gasteiger partial charge in [-0.2, -0.15) is 0 Å². The molecule has 31 heavy (non-hydrogen) atoms. The molecule has 3 aromatic rings. The van der Waals surface area contributed by atoms with Gasteiger partial charge in [0.15, 0.2) is 0 Å². The van der Waals surface area contributed by atoms with Crippen LogP contribution < -0.4 is 16.4 Å². The summed E-state index contributed by atoms with van der Waals surface area (Å²) in [5, 5.41) is 6.20. The summed E-state index contributed by atoms with van der Waals surface area (Å²) >= 11 is 0. The van der Waals surface area contributed by atoms with Crippen LogP contribution in [0.3, 0.4) is 0 Å². The number of anilines is 2. The molecule has 1 heterocycles. The highest BCUT2D eigenvalue weighted by Crippen LogP contribution is 2.38. The summed E-state index contributed by atoms with van der Waals surface area (Å²) in [6.45, 7) is 1.28. The molecule has 0 unspecified atom stereocenters. The molecule has 1 aliphatic heterocycles. The second-order valence-electron chi connectivity index (χ2n) is 7.85. The van der Waals surface area contributed by atoms with E-state index in [1.807, 2.05) is 50.5 Å². The van der Waals surface area contributed by atoms with E-state index in [-0.39, 0.29) is 5.91 Å². The highest BCUT2D eigenvalue weighted by atomic mass is 19.1.